The summed E-state index contributed by atoms with van der Waals surface area (Å²) in [5, 5.41) is 0. The maximum absolute atomic E-state index is 13.1. The summed E-state index contributed by atoms with van der Waals surface area (Å²) in [5.41, 5.74) is 2.14. The van der Waals surface area contributed by atoms with Crippen molar-refractivity contribution >= 4 is 5.91 Å². The van der Waals surface area contributed by atoms with E-state index in [4.69, 9.17) is 0 Å². The van der Waals surface area contributed by atoms with Crippen molar-refractivity contribution in [2.45, 2.75) is 45.2 Å². The maximum atomic E-state index is 13.1. The van der Waals surface area contributed by atoms with E-state index < -0.39 is 0 Å². The van der Waals surface area contributed by atoms with Crippen LogP contribution in [0.3, 0.4) is 0 Å². The summed E-state index contributed by atoms with van der Waals surface area (Å²) < 4.78 is 0. The van der Waals surface area contributed by atoms with Gasteiger partial charge in [0.25, 0.3) is 5.91 Å². The van der Waals surface area contributed by atoms with Crippen LogP contribution in [0.5, 0.6) is 0 Å². The number of carbonyl (C=O) groups excluding carboxylic acids is 1. The highest BCUT2D eigenvalue weighted by Gasteiger charge is 2.32. The van der Waals surface area contributed by atoms with Crippen molar-refractivity contribution in [1.29, 1.82) is 0 Å². The molecule has 0 saturated carbocycles. The third-order valence-corrected chi connectivity index (χ3v) is 4.09. The third kappa shape index (κ3) is 3.89. The number of aromatic amines is 1. The monoisotopic (exact) mass is 312 g/mol. The third-order valence-electron chi connectivity index (χ3n) is 4.09. The Hall–Kier alpha value is -2.36. The molecule has 122 valence electrons. The Morgan fingerprint density at radius 2 is 2.00 bits per heavy atom. The number of aryl methyl sites for hydroxylation is 1. The lowest BCUT2D eigenvalue weighted by Crippen LogP contribution is -2.49. The maximum Gasteiger partial charge on any atom is 0.254 e. The summed E-state index contributed by atoms with van der Waals surface area (Å²) in [4.78, 5) is 29.3. The molecule has 23 heavy (non-hydrogen) atoms. The molecule has 0 radical (unpaired) electrons. The van der Waals surface area contributed by atoms with E-state index >= 15 is 0 Å². The number of H-pyrrole nitrogens is 1. The van der Waals surface area contributed by atoms with E-state index in [9.17, 15) is 9.59 Å². The van der Waals surface area contributed by atoms with Gasteiger partial charge in [-0.1, -0.05) is 23.8 Å². The number of aromatic nitrogens is 1. The van der Waals surface area contributed by atoms with E-state index in [1.165, 1.54) is 11.6 Å². The minimum absolute atomic E-state index is 0.0294. The van der Waals surface area contributed by atoms with E-state index in [0.29, 0.717) is 17.7 Å². The second kappa shape index (κ2) is 7.27. The normalized spacial score (nSPS) is 20.8. The van der Waals surface area contributed by atoms with Crippen LogP contribution in [-0.4, -0.2) is 27.9 Å². The molecule has 1 aromatic rings. The summed E-state index contributed by atoms with van der Waals surface area (Å²) in [6, 6.07) is 3.13. The van der Waals surface area contributed by atoms with Crippen LogP contribution in [0.15, 0.2) is 53.9 Å². The average molecular weight is 312 g/mol. The van der Waals surface area contributed by atoms with Crippen molar-refractivity contribution < 1.29 is 4.79 Å². The van der Waals surface area contributed by atoms with Crippen molar-refractivity contribution in [1.82, 2.24) is 9.88 Å². The molecule has 1 aromatic heterocycles. The van der Waals surface area contributed by atoms with E-state index in [2.05, 4.69) is 31.1 Å². The van der Waals surface area contributed by atoms with Gasteiger partial charge >= 0.3 is 0 Å². The number of amides is 1. The Kier molecular flexibility index (Phi) is 5.37. The van der Waals surface area contributed by atoms with Gasteiger partial charge in [-0.3, -0.25) is 9.59 Å². The Balaban J connectivity index is 2.44. The highest BCUT2D eigenvalue weighted by Crippen LogP contribution is 2.28. The van der Waals surface area contributed by atoms with Crippen molar-refractivity contribution in [2.75, 3.05) is 0 Å². The first-order valence-corrected chi connectivity index (χ1v) is 7.89. The minimum atomic E-state index is -0.252. The van der Waals surface area contributed by atoms with Gasteiger partial charge < -0.3 is 9.88 Å². The minimum Gasteiger partial charge on any atom is -0.328 e. The summed E-state index contributed by atoms with van der Waals surface area (Å²) in [6.07, 6.45) is 8.05. The molecule has 1 amide bonds. The summed E-state index contributed by atoms with van der Waals surface area (Å²) in [7, 11) is 0. The van der Waals surface area contributed by atoms with Gasteiger partial charge in [0.15, 0.2) is 0 Å². The Bertz CT molecular complexity index is 700. The first kappa shape index (κ1) is 17.0. The van der Waals surface area contributed by atoms with Crippen LogP contribution >= 0.6 is 0 Å². The molecule has 0 spiro atoms. The molecule has 4 heteroatoms. The zero-order chi connectivity index (χ0) is 17.0. The Labute approximate surface area is 137 Å². The van der Waals surface area contributed by atoms with Gasteiger partial charge in [0.05, 0.1) is 6.04 Å². The number of nitrogens with one attached hydrogen (secondary N) is 1. The van der Waals surface area contributed by atoms with Gasteiger partial charge in [0.2, 0.25) is 5.56 Å². The Morgan fingerprint density at radius 1 is 1.30 bits per heavy atom. The van der Waals surface area contributed by atoms with Gasteiger partial charge in [-0.15, -0.1) is 13.2 Å². The molecule has 1 aliphatic rings. The molecule has 0 unspecified atom stereocenters. The second-order valence-corrected chi connectivity index (χ2v) is 6.12. The topological polar surface area (TPSA) is 53.2 Å². The quantitative estimate of drug-likeness (QED) is 0.848. The van der Waals surface area contributed by atoms with Crippen molar-refractivity contribution in [2.24, 2.45) is 0 Å². The van der Waals surface area contributed by atoms with Crippen molar-refractivity contribution in [3.8, 4) is 0 Å². The molecule has 0 aromatic carbocycles. The Morgan fingerprint density at radius 3 is 2.61 bits per heavy atom. The number of carbonyl (C=O) groups is 1. The summed E-state index contributed by atoms with van der Waals surface area (Å²) >= 11 is 0. The van der Waals surface area contributed by atoms with E-state index in [1.54, 1.807) is 13.0 Å². The summed E-state index contributed by atoms with van der Waals surface area (Å²) in [5.74, 6) is -0.110. The summed E-state index contributed by atoms with van der Waals surface area (Å²) in [6.45, 7) is 11.5. The smallest absolute Gasteiger partial charge is 0.254 e. The lowest BCUT2D eigenvalue weighted by molar-refractivity contribution is 0.0601. The van der Waals surface area contributed by atoms with E-state index in [-0.39, 0.29) is 23.6 Å². The van der Waals surface area contributed by atoms with Gasteiger partial charge in [-0.05, 0) is 39.2 Å². The number of pyridine rings is 1. The number of rotatable bonds is 5. The molecular weight excluding hydrogens is 288 g/mol. The number of nitrogens with zero attached hydrogens (tertiary/aromatic N) is 1. The average Bonchev–Trinajstić information content (AvgIpc) is 2.46. The first-order valence-electron chi connectivity index (χ1n) is 7.89. The van der Waals surface area contributed by atoms with E-state index in [0.717, 1.165) is 12.8 Å². The van der Waals surface area contributed by atoms with Crippen LogP contribution in [0.2, 0.25) is 0 Å². The number of hydrogen-bond donors (Lipinski definition) is 1. The fourth-order valence-electron chi connectivity index (χ4n) is 3.23. The molecular formula is C19H24N2O2. The van der Waals surface area contributed by atoms with Gasteiger partial charge in [-0.2, -0.15) is 0 Å². The molecule has 2 heterocycles. The molecule has 0 aliphatic carbocycles. The van der Waals surface area contributed by atoms with Crippen molar-refractivity contribution in [3.63, 3.8) is 0 Å². The molecule has 1 aliphatic heterocycles. The van der Waals surface area contributed by atoms with Crippen LogP contribution in [0, 0.1) is 6.92 Å². The predicted molar refractivity (Wildman–Crippen MR) is 93.5 cm³/mol. The highest BCUT2D eigenvalue weighted by atomic mass is 16.2. The zero-order valence-electron chi connectivity index (χ0n) is 13.8. The van der Waals surface area contributed by atoms with Crippen LogP contribution in [0.1, 0.15) is 42.2 Å². The molecule has 1 N–H and O–H groups in total. The fraction of sp³-hybridized carbons (Fsp3) is 0.368. The predicted octanol–water partition coefficient (Wildman–Crippen LogP) is 3.36. The van der Waals surface area contributed by atoms with Crippen molar-refractivity contribution in [3.05, 3.63) is 70.7 Å². The molecule has 2 atom stereocenters. The van der Waals surface area contributed by atoms with Crippen LogP contribution in [0.4, 0.5) is 0 Å². The van der Waals surface area contributed by atoms with Crippen LogP contribution < -0.4 is 5.56 Å². The standard InChI is InChI=1S/C19H24N2O2/c1-5-7-16-9-13(3)10-17(8-6-2)21(16)19(23)15-11-14(4)20-18(22)12-15/h5-6,9,11-12,16-17H,1-2,7-8,10H2,3-4H3,(H,20,22)/t16-,17-/m0/s1. The van der Waals surface area contributed by atoms with Crippen LogP contribution in [0.25, 0.3) is 0 Å². The molecule has 0 saturated heterocycles. The SMILES string of the molecule is C=CC[C@H]1CC(C)=C[C@H](CC=C)N1C(=O)c1cc(C)[nH]c(=O)c1. The first-order chi connectivity index (χ1) is 11.0. The van der Waals surface area contributed by atoms with Crippen LogP contribution in [-0.2, 0) is 0 Å². The largest absolute Gasteiger partial charge is 0.328 e. The number of hydrogen-bond acceptors (Lipinski definition) is 2. The fourth-order valence-corrected chi connectivity index (χ4v) is 3.23. The van der Waals surface area contributed by atoms with Gasteiger partial charge in [0, 0.05) is 23.4 Å². The highest BCUT2D eigenvalue weighted by molar-refractivity contribution is 5.95. The van der Waals surface area contributed by atoms with Gasteiger partial charge in [0.1, 0.15) is 0 Å². The molecule has 2 rings (SSSR count). The van der Waals surface area contributed by atoms with Gasteiger partial charge in [-0.25, -0.2) is 0 Å². The molecule has 0 fully saturated rings. The molecule has 0 bridgehead atoms. The lowest BCUT2D eigenvalue weighted by Gasteiger charge is -2.40. The second-order valence-electron chi connectivity index (χ2n) is 6.12. The zero-order valence-corrected chi connectivity index (χ0v) is 13.8. The van der Waals surface area contributed by atoms with E-state index in [1.807, 2.05) is 17.1 Å². The lowest BCUT2D eigenvalue weighted by atomic mass is 9.92. The molecule has 4 nitrogen and oxygen atoms in total.